The van der Waals surface area contributed by atoms with Gasteiger partial charge in [0, 0.05) is 6.54 Å². The fourth-order valence-electron chi connectivity index (χ4n) is 3.15. The Labute approximate surface area is 144 Å². The van der Waals surface area contributed by atoms with Crippen molar-refractivity contribution in [3.05, 3.63) is 35.7 Å². The number of morpholine rings is 1. The van der Waals surface area contributed by atoms with Crippen molar-refractivity contribution in [2.45, 2.75) is 32.9 Å². The first-order chi connectivity index (χ1) is 12.0. The summed E-state index contributed by atoms with van der Waals surface area (Å²) in [5.41, 5.74) is 2.05. The van der Waals surface area contributed by atoms with Crippen LogP contribution in [-0.4, -0.2) is 46.2 Å². The van der Waals surface area contributed by atoms with Crippen molar-refractivity contribution < 1.29 is 18.5 Å². The minimum Gasteiger partial charge on any atom is -0.463 e. The molecule has 0 radical (unpaired) electrons. The van der Waals surface area contributed by atoms with Gasteiger partial charge in [-0.15, -0.1) is 0 Å². The molecule has 1 aliphatic heterocycles. The third-order valence-electron chi connectivity index (χ3n) is 4.49. The van der Waals surface area contributed by atoms with Crippen LogP contribution in [0.1, 0.15) is 29.9 Å². The summed E-state index contributed by atoms with van der Waals surface area (Å²) in [6.07, 6.45) is 1.57. The Kier molecular flexibility index (Phi) is 3.80. The van der Waals surface area contributed by atoms with E-state index in [1.807, 2.05) is 25.7 Å². The molecule has 0 spiro atoms. The lowest BCUT2D eigenvalue weighted by Gasteiger charge is -2.37. The maximum Gasteiger partial charge on any atom is 0.259 e. The van der Waals surface area contributed by atoms with Gasteiger partial charge in [0.15, 0.2) is 5.76 Å². The SMILES string of the molecule is Cc1noc2nc(-c3ccco3)cc(C(=O)N3CC(C)OCC3C)c12. The van der Waals surface area contributed by atoms with Gasteiger partial charge in [0.2, 0.25) is 0 Å². The Morgan fingerprint density at radius 1 is 1.36 bits per heavy atom. The number of fused-ring (bicyclic) bond motifs is 1. The van der Waals surface area contributed by atoms with Crippen LogP contribution in [0.3, 0.4) is 0 Å². The fraction of sp³-hybridized carbons (Fsp3) is 0.389. The van der Waals surface area contributed by atoms with E-state index in [0.717, 1.165) is 0 Å². The molecule has 0 saturated carbocycles. The van der Waals surface area contributed by atoms with Crippen LogP contribution >= 0.6 is 0 Å². The summed E-state index contributed by atoms with van der Waals surface area (Å²) in [4.78, 5) is 19.6. The molecule has 7 nitrogen and oxygen atoms in total. The van der Waals surface area contributed by atoms with E-state index in [-0.39, 0.29) is 18.1 Å². The van der Waals surface area contributed by atoms with Gasteiger partial charge >= 0.3 is 0 Å². The van der Waals surface area contributed by atoms with Crippen molar-refractivity contribution in [2.75, 3.05) is 13.2 Å². The van der Waals surface area contributed by atoms with Gasteiger partial charge in [0.1, 0.15) is 5.69 Å². The molecule has 0 aliphatic carbocycles. The maximum atomic E-state index is 13.3. The average molecular weight is 341 g/mol. The first-order valence-corrected chi connectivity index (χ1v) is 8.28. The van der Waals surface area contributed by atoms with Gasteiger partial charge in [-0.2, -0.15) is 0 Å². The van der Waals surface area contributed by atoms with Gasteiger partial charge in [0.25, 0.3) is 11.6 Å². The van der Waals surface area contributed by atoms with Crippen LogP contribution in [0.4, 0.5) is 0 Å². The van der Waals surface area contributed by atoms with Crippen molar-refractivity contribution in [2.24, 2.45) is 0 Å². The van der Waals surface area contributed by atoms with Crippen molar-refractivity contribution in [3.63, 3.8) is 0 Å². The zero-order chi connectivity index (χ0) is 17.6. The smallest absolute Gasteiger partial charge is 0.259 e. The van der Waals surface area contributed by atoms with Crippen LogP contribution in [0.25, 0.3) is 22.6 Å². The number of rotatable bonds is 2. The lowest BCUT2D eigenvalue weighted by molar-refractivity contribution is -0.0386. The molecule has 7 heteroatoms. The second kappa shape index (κ2) is 6.00. The van der Waals surface area contributed by atoms with E-state index >= 15 is 0 Å². The Balaban J connectivity index is 1.84. The van der Waals surface area contributed by atoms with E-state index < -0.39 is 0 Å². The zero-order valence-corrected chi connectivity index (χ0v) is 14.4. The maximum absolute atomic E-state index is 13.3. The second-order valence-corrected chi connectivity index (χ2v) is 6.43. The number of aryl methyl sites for hydroxylation is 1. The van der Waals surface area contributed by atoms with Crippen molar-refractivity contribution >= 4 is 17.0 Å². The van der Waals surface area contributed by atoms with E-state index in [2.05, 4.69) is 10.1 Å². The van der Waals surface area contributed by atoms with Gasteiger partial charge in [-0.3, -0.25) is 4.79 Å². The van der Waals surface area contributed by atoms with Crippen molar-refractivity contribution in [1.29, 1.82) is 0 Å². The fourth-order valence-corrected chi connectivity index (χ4v) is 3.15. The van der Waals surface area contributed by atoms with Gasteiger partial charge in [0.05, 0.1) is 41.7 Å². The molecule has 1 amide bonds. The summed E-state index contributed by atoms with van der Waals surface area (Å²) in [6.45, 7) is 6.82. The number of nitrogens with zero attached hydrogens (tertiary/aromatic N) is 3. The molecule has 4 heterocycles. The molecule has 2 atom stereocenters. The monoisotopic (exact) mass is 341 g/mol. The third-order valence-corrected chi connectivity index (χ3v) is 4.49. The predicted molar refractivity (Wildman–Crippen MR) is 90.2 cm³/mol. The topological polar surface area (TPSA) is 81.6 Å². The number of ether oxygens (including phenoxy) is 1. The van der Waals surface area contributed by atoms with Crippen LogP contribution in [0.5, 0.6) is 0 Å². The van der Waals surface area contributed by atoms with Gasteiger partial charge in [-0.05, 0) is 39.0 Å². The number of carbonyl (C=O) groups excluding carboxylic acids is 1. The number of aromatic nitrogens is 2. The Bertz CT molecular complexity index is 916. The molecule has 1 saturated heterocycles. The van der Waals surface area contributed by atoms with Gasteiger partial charge in [-0.1, -0.05) is 5.16 Å². The number of amides is 1. The van der Waals surface area contributed by atoms with Crippen LogP contribution in [-0.2, 0) is 4.74 Å². The van der Waals surface area contributed by atoms with E-state index in [0.29, 0.717) is 47.0 Å². The number of furan rings is 1. The van der Waals surface area contributed by atoms with Gasteiger partial charge < -0.3 is 18.6 Å². The van der Waals surface area contributed by atoms with Crippen molar-refractivity contribution in [1.82, 2.24) is 15.0 Å². The second-order valence-electron chi connectivity index (χ2n) is 6.43. The molecule has 4 rings (SSSR count). The Hall–Kier alpha value is -2.67. The normalized spacial score (nSPS) is 21.0. The summed E-state index contributed by atoms with van der Waals surface area (Å²) in [5.74, 6) is 0.502. The molecular formula is C18H19N3O4. The minimum atomic E-state index is -0.0749. The summed E-state index contributed by atoms with van der Waals surface area (Å²) < 4.78 is 16.4. The van der Waals surface area contributed by atoms with E-state index in [9.17, 15) is 4.79 Å². The Morgan fingerprint density at radius 3 is 2.96 bits per heavy atom. The third kappa shape index (κ3) is 2.70. The molecule has 1 aliphatic rings. The highest BCUT2D eigenvalue weighted by molar-refractivity contribution is 6.07. The number of pyridine rings is 1. The minimum absolute atomic E-state index is 0.000792. The van der Waals surface area contributed by atoms with E-state index in [1.54, 1.807) is 24.5 Å². The highest BCUT2D eigenvalue weighted by atomic mass is 16.5. The van der Waals surface area contributed by atoms with E-state index in [1.165, 1.54) is 0 Å². The highest BCUT2D eigenvalue weighted by Crippen LogP contribution is 2.29. The molecule has 2 unspecified atom stereocenters. The quantitative estimate of drug-likeness (QED) is 0.712. The predicted octanol–water partition coefficient (Wildman–Crippen LogP) is 3.04. The van der Waals surface area contributed by atoms with Crippen LogP contribution in [0.15, 0.2) is 33.4 Å². The Morgan fingerprint density at radius 2 is 2.20 bits per heavy atom. The van der Waals surface area contributed by atoms with Gasteiger partial charge in [-0.25, -0.2) is 4.98 Å². The zero-order valence-electron chi connectivity index (χ0n) is 14.4. The van der Waals surface area contributed by atoms with Crippen LogP contribution < -0.4 is 0 Å². The molecule has 0 N–H and O–H groups in total. The molecule has 0 aromatic carbocycles. The van der Waals surface area contributed by atoms with Crippen molar-refractivity contribution in [3.8, 4) is 11.5 Å². The molecule has 3 aromatic heterocycles. The first kappa shape index (κ1) is 15.8. The van der Waals surface area contributed by atoms with E-state index in [4.69, 9.17) is 13.7 Å². The summed E-state index contributed by atoms with van der Waals surface area (Å²) in [5, 5.41) is 4.62. The highest BCUT2D eigenvalue weighted by Gasteiger charge is 2.31. The lowest BCUT2D eigenvalue weighted by atomic mass is 10.1. The number of hydrogen-bond acceptors (Lipinski definition) is 6. The summed E-state index contributed by atoms with van der Waals surface area (Å²) in [6, 6.07) is 5.32. The van der Waals surface area contributed by atoms with Crippen LogP contribution in [0, 0.1) is 6.92 Å². The lowest BCUT2D eigenvalue weighted by Crippen LogP contribution is -2.50. The summed E-state index contributed by atoms with van der Waals surface area (Å²) >= 11 is 0. The molecule has 0 bridgehead atoms. The molecule has 3 aromatic rings. The standard InChI is InChI=1S/C18H19N3O4/c1-10-9-24-11(2)8-21(10)18(22)13-7-14(15-5-4-6-23-15)19-17-16(13)12(3)20-25-17/h4-7,10-11H,8-9H2,1-3H3. The number of carbonyl (C=O) groups is 1. The number of hydrogen-bond donors (Lipinski definition) is 0. The largest absolute Gasteiger partial charge is 0.463 e. The first-order valence-electron chi connectivity index (χ1n) is 8.28. The average Bonchev–Trinajstić information content (AvgIpc) is 3.26. The van der Waals surface area contributed by atoms with Crippen LogP contribution in [0.2, 0.25) is 0 Å². The molecule has 130 valence electrons. The summed E-state index contributed by atoms with van der Waals surface area (Å²) in [7, 11) is 0. The molecule has 25 heavy (non-hydrogen) atoms. The molecular weight excluding hydrogens is 322 g/mol. The molecule has 1 fully saturated rings.